The summed E-state index contributed by atoms with van der Waals surface area (Å²) < 4.78 is 33.6. The van der Waals surface area contributed by atoms with E-state index in [0.717, 1.165) is 19.5 Å². The van der Waals surface area contributed by atoms with Crippen molar-refractivity contribution in [3.63, 3.8) is 0 Å². The summed E-state index contributed by atoms with van der Waals surface area (Å²) in [5, 5.41) is 8.56. The quantitative estimate of drug-likeness (QED) is 0.661. The van der Waals surface area contributed by atoms with Gasteiger partial charge in [-0.2, -0.15) is 18.0 Å². The number of hydrogen-bond donors (Lipinski definition) is 1. The average molecular weight is 332 g/mol. The fourth-order valence-electron chi connectivity index (χ4n) is 2.49. The van der Waals surface area contributed by atoms with Crippen molar-refractivity contribution in [3.8, 4) is 6.07 Å². The number of ether oxygens (including phenoxy) is 1. The smallest absolute Gasteiger partial charge is 0.279 e. The van der Waals surface area contributed by atoms with E-state index in [4.69, 9.17) is 10.00 Å². The summed E-state index contributed by atoms with van der Waals surface area (Å²) in [5.41, 5.74) is 0. The van der Waals surface area contributed by atoms with Crippen molar-refractivity contribution in [1.82, 2.24) is 13.9 Å². The minimum atomic E-state index is -3.53. The third kappa shape index (κ3) is 6.58. The van der Waals surface area contributed by atoms with Gasteiger partial charge in [-0.1, -0.05) is 13.8 Å². The summed E-state index contributed by atoms with van der Waals surface area (Å²) in [6.07, 6.45) is 1.13. The van der Waals surface area contributed by atoms with E-state index in [-0.39, 0.29) is 19.0 Å². The van der Waals surface area contributed by atoms with Gasteiger partial charge in [-0.15, -0.1) is 0 Å². The lowest BCUT2D eigenvalue weighted by Crippen LogP contribution is -2.51. The van der Waals surface area contributed by atoms with Gasteiger partial charge < -0.3 is 4.74 Å². The number of nitrogens with zero attached hydrogens (tertiary/aromatic N) is 3. The maximum Gasteiger partial charge on any atom is 0.279 e. The molecule has 1 atom stereocenters. The van der Waals surface area contributed by atoms with Gasteiger partial charge in [-0.3, -0.25) is 4.90 Å². The molecule has 0 radical (unpaired) electrons. The lowest BCUT2D eigenvalue weighted by molar-refractivity contribution is 0.0134. The molecule has 1 N–H and O–H groups in total. The van der Waals surface area contributed by atoms with Gasteiger partial charge >= 0.3 is 0 Å². The van der Waals surface area contributed by atoms with E-state index >= 15 is 0 Å². The highest BCUT2D eigenvalue weighted by molar-refractivity contribution is 7.87. The molecule has 0 saturated carbocycles. The molecular formula is C14H28N4O3S. The van der Waals surface area contributed by atoms with E-state index in [2.05, 4.69) is 23.5 Å². The minimum Gasteiger partial charge on any atom is -0.379 e. The summed E-state index contributed by atoms with van der Waals surface area (Å²) in [5.74, 6) is 0.494. The van der Waals surface area contributed by atoms with Crippen molar-refractivity contribution >= 4 is 10.2 Å². The Morgan fingerprint density at radius 2 is 2.00 bits per heavy atom. The first kappa shape index (κ1) is 19.3. The number of hydrogen-bond acceptors (Lipinski definition) is 5. The minimum absolute atomic E-state index is 0.169. The number of nitriles is 1. The van der Waals surface area contributed by atoms with Crippen LogP contribution in [-0.2, 0) is 14.9 Å². The van der Waals surface area contributed by atoms with E-state index in [9.17, 15) is 8.42 Å². The summed E-state index contributed by atoms with van der Waals surface area (Å²) >= 11 is 0. The van der Waals surface area contributed by atoms with Crippen LogP contribution in [0.1, 0.15) is 26.7 Å². The molecule has 0 aliphatic carbocycles. The molecule has 0 aromatic rings. The SMILES string of the molecule is CC(C)CC(CNS(=O)(=O)N(C)CCC#N)N1CCOCC1. The third-order valence-electron chi connectivity index (χ3n) is 3.76. The van der Waals surface area contributed by atoms with Gasteiger partial charge in [-0.05, 0) is 12.3 Å². The Bertz CT molecular complexity index is 455. The second kappa shape index (κ2) is 9.43. The van der Waals surface area contributed by atoms with Crippen LogP contribution in [0, 0.1) is 17.2 Å². The zero-order chi connectivity index (χ0) is 16.6. The molecule has 7 nitrogen and oxygen atoms in total. The summed E-state index contributed by atoms with van der Waals surface area (Å²) in [6.45, 7) is 7.94. The topological polar surface area (TPSA) is 85.7 Å². The fourth-order valence-corrected chi connectivity index (χ4v) is 3.44. The van der Waals surface area contributed by atoms with Gasteiger partial charge in [0.1, 0.15) is 0 Å². The number of nitrogens with one attached hydrogen (secondary N) is 1. The first-order valence-electron chi connectivity index (χ1n) is 7.76. The monoisotopic (exact) mass is 332 g/mol. The van der Waals surface area contributed by atoms with Crippen molar-refractivity contribution in [2.45, 2.75) is 32.7 Å². The summed E-state index contributed by atoms with van der Waals surface area (Å²) in [6, 6.07) is 2.13. The molecule has 1 rings (SSSR count). The second-order valence-corrected chi connectivity index (χ2v) is 7.88. The average Bonchev–Trinajstić information content (AvgIpc) is 2.49. The van der Waals surface area contributed by atoms with E-state index in [1.165, 1.54) is 11.4 Å². The van der Waals surface area contributed by atoms with Gasteiger partial charge in [0.05, 0.1) is 19.3 Å². The molecule has 1 saturated heterocycles. The van der Waals surface area contributed by atoms with Crippen molar-refractivity contribution in [3.05, 3.63) is 0 Å². The van der Waals surface area contributed by atoms with E-state index in [0.29, 0.717) is 25.7 Å². The van der Waals surface area contributed by atoms with Crippen LogP contribution in [0.2, 0.25) is 0 Å². The van der Waals surface area contributed by atoms with Crippen molar-refractivity contribution in [2.24, 2.45) is 5.92 Å². The first-order valence-corrected chi connectivity index (χ1v) is 9.20. The number of morpholine rings is 1. The lowest BCUT2D eigenvalue weighted by Gasteiger charge is -2.35. The van der Waals surface area contributed by atoms with Crippen LogP contribution < -0.4 is 4.72 Å². The van der Waals surface area contributed by atoms with Gasteiger partial charge in [0.25, 0.3) is 10.2 Å². The Kier molecular flexibility index (Phi) is 8.28. The van der Waals surface area contributed by atoms with Gasteiger partial charge in [-0.25, -0.2) is 4.72 Å². The van der Waals surface area contributed by atoms with E-state index in [1.807, 2.05) is 6.07 Å². The Labute approximate surface area is 134 Å². The van der Waals surface area contributed by atoms with Crippen LogP contribution in [0.15, 0.2) is 0 Å². The highest BCUT2D eigenvalue weighted by Crippen LogP contribution is 2.13. The fraction of sp³-hybridized carbons (Fsp3) is 0.929. The molecule has 1 fully saturated rings. The molecule has 0 spiro atoms. The molecule has 1 unspecified atom stereocenters. The van der Waals surface area contributed by atoms with E-state index < -0.39 is 10.2 Å². The maximum absolute atomic E-state index is 12.2. The van der Waals surface area contributed by atoms with Crippen molar-refractivity contribution < 1.29 is 13.2 Å². The number of rotatable bonds is 9. The zero-order valence-electron chi connectivity index (χ0n) is 13.8. The predicted octanol–water partition coefficient (Wildman–Crippen LogP) is 0.413. The molecule has 22 heavy (non-hydrogen) atoms. The predicted molar refractivity (Wildman–Crippen MR) is 85.4 cm³/mol. The third-order valence-corrected chi connectivity index (χ3v) is 5.29. The molecule has 128 valence electrons. The zero-order valence-corrected chi connectivity index (χ0v) is 14.6. The molecule has 1 aliphatic rings. The molecule has 1 aliphatic heterocycles. The van der Waals surface area contributed by atoms with Crippen LogP contribution in [0.3, 0.4) is 0 Å². The summed E-state index contributed by atoms with van der Waals surface area (Å²) in [7, 11) is -2.04. The molecule has 0 aromatic carbocycles. The van der Waals surface area contributed by atoms with Crippen molar-refractivity contribution in [2.75, 3.05) is 46.4 Å². The Morgan fingerprint density at radius 1 is 1.36 bits per heavy atom. The van der Waals surface area contributed by atoms with Crippen LogP contribution in [0.4, 0.5) is 0 Å². The van der Waals surface area contributed by atoms with Crippen LogP contribution in [-0.4, -0.2) is 70.1 Å². The highest BCUT2D eigenvalue weighted by Gasteiger charge is 2.25. The molecular weight excluding hydrogens is 304 g/mol. The van der Waals surface area contributed by atoms with Crippen molar-refractivity contribution in [1.29, 1.82) is 5.26 Å². The first-order chi connectivity index (χ1) is 10.4. The van der Waals surface area contributed by atoms with Crippen LogP contribution in [0.25, 0.3) is 0 Å². The Balaban J connectivity index is 2.59. The molecule has 8 heteroatoms. The Morgan fingerprint density at radius 3 is 2.55 bits per heavy atom. The van der Waals surface area contributed by atoms with Crippen LogP contribution in [0.5, 0.6) is 0 Å². The van der Waals surface area contributed by atoms with Crippen LogP contribution >= 0.6 is 0 Å². The van der Waals surface area contributed by atoms with Gasteiger partial charge in [0, 0.05) is 45.7 Å². The normalized spacial score (nSPS) is 18.5. The molecule has 0 aromatic heterocycles. The van der Waals surface area contributed by atoms with E-state index in [1.54, 1.807) is 0 Å². The molecule has 1 heterocycles. The second-order valence-electron chi connectivity index (χ2n) is 6.01. The molecule has 0 bridgehead atoms. The maximum atomic E-state index is 12.2. The largest absolute Gasteiger partial charge is 0.379 e. The van der Waals surface area contributed by atoms with Gasteiger partial charge in [0.2, 0.25) is 0 Å². The lowest BCUT2D eigenvalue weighted by atomic mass is 10.0. The highest BCUT2D eigenvalue weighted by atomic mass is 32.2. The standard InChI is InChI=1S/C14H28N4O3S/c1-13(2)11-14(18-7-9-21-10-8-18)12-16-22(19,20)17(3)6-4-5-15/h13-14,16H,4,6-12H2,1-3H3. The molecule has 0 amide bonds. The van der Waals surface area contributed by atoms with Gasteiger partial charge in [0.15, 0.2) is 0 Å². The summed E-state index contributed by atoms with van der Waals surface area (Å²) in [4.78, 5) is 2.29. The Hall–Kier alpha value is -0.720.